The van der Waals surface area contributed by atoms with Crippen LogP contribution in [0.2, 0.25) is 0 Å². The molecule has 2 heteroatoms. The van der Waals surface area contributed by atoms with Crippen molar-refractivity contribution in [2.24, 2.45) is 0 Å². The number of nitrogens with one attached hydrogen (secondary N) is 1. The van der Waals surface area contributed by atoms with Crippen LogP contribution in [-0.2, 0) is 0 Å². The summed E-state index contributed by atoms with van der Waals surface area (Å²) in [6.07, 6.45) is 11.0. The third-order valence-electron chi connectivity index (χ3n) is 4.56. The fourth-order valence-electron chi connectivity index (χ4n) is 3.40. The normalized spacial score (nSPS) is 21.4. The lowest BCUT2D eigenvalue weighted by Crippen LogP contribution is -2.19. The summed E-state index contributed by atoms with van der Waals surface area (Å²) >= 11 is 0. The second-order valence-corrected chi connectivity index (χ2v) is 6.07. The largest absolute Gasteiger partial charge is 0.382 e. The fourth-order valence-corrected chi connectivity index (χ4v) is 3.40. The molecule has 2 fully saturated rings. The molecule has 0 unspecified atom stereocenters. The van der Waals surface area contributed by atoms with Crippen molar-refractivity contribution in [1.29, 1.82) is 0 Å². The number of hydrogen-bond donors (Lipinski definition) is 1. The van der Waals surface area contributed by atoms with Gasteiger partial charge in [-0.2, -0.15) is 0 Å². The minimum atomic E-state index is 0.695. The van der Waals surface area contributed by atoms with Crippen LogP contribution in [0.5, 0.6) is 0 Å². The van der Waals surface area contributed by atoms with Crippen LogP contribution in [0.3, 0.4) is 0 Å². The van der Waals surface area contributed by atoms with Gasteiger partial charge in [0.1, 0.15) is 0 Å². The van der Waals surface area contributed by atoms with E-state index in [1.165, 1.54) is 75.8 Å². The van der Waals surface area contributed by atoms with Gasteiger partial charge in [0.15, 0.2) is 0 Å². The van der Waals surface area contributed by atoms with Crippen molar-refractivity contribution in [3.8, 4) is 0 Å². The summed E-state index contributed by atoms with van der Waals surface area (Å²) in [6.45, 7) is 2.46. The van der Waals surface area contributed by atoms with Crippen molar-refractivity contribution < 1.29 is 0 Å². The summed E-state index contributed by atoms with van der Waals surface area (Å²) in [6, 6.07) is 9.78. The summed E-state index contributed by atoms with van der Waals surface area (Å²) in [4.78, 5) is 2.50. The Balaban J connectivity index is 1.58. The lowest BCUT2D eigenvalue weighted by molar-refractivity contribution is 0.620. The molecule has 0 amide bonds. The molecule has 1 saturated carbocycles. The molecule has 1 heterocycles. The van der Waals surface area contributed by atoms with Gasteiger partial charge in [-0.25, -0.2) is 0 Å². The first-order valence-corrected chi connectivity index (χ1v) is 8.03. The quantitative estimate of drug-likeness (QED) is 0.807. The zero-order valence-electron chi connectivity index (χ0n) is 11.9. The third kappa shape index (κ3) is 3.43. The van der Waals surface area contributed by atoms with Crippen LogP contribution in [0.4, 0.5) is 11.4 Å². The molecule has 0 atom stereocenters. The van der Waals surface area contributed by atoms with Crippen LogP contribution >= 0.6 is 0 Å². The Morgan fingerprint density at radius 2 is 1.42 bits per heavy atom. The van der Waals surface area contributed by atoms with Crippen molar-refractivity contribution in [3.05, 3.63) is 24.3 Å². The minimum absolute atomic E-state index is 0.695. The van der Waals surface area contributed by atoms with E-state index in [9.17, 15) is 0 Å². The first-order valence-electron chi connectivity index (χ1n) is 8.03. The van der Waals surface area contributed by atoms with Gasteiger partial charge in [-0.05, 0) is 49.9 Å². The standard InChI is InChI=1S/C17H26N2/c1-2-4-8-15(7-3-1)18-16-9-11-17(12-10-16)19-13-5-6-14-19/h9-12,15,18H,1-8,13-14H2. The van der Waals surface area contributed by atoms with Crippen LogP contribution in [0.1, 0.15) is 51.4 Å². The van der Waals surface area contributed by atoms with E-state index in [-0.39, 0.29) is 0 Å². The Kier molecular flexibility index (Phi) is 4.27. The van der Waals surface area contributed by atoms with E-state index in [0.29, 0.717) is 6.04 Å². The summed E-state index contributed by atoms with van der Waals surface area (Å²) < 4.78 is 0. The molecule has 19 heavy (non-hydrogen) atoms. The Labute approximate surface area is 117 Å². The highest BCUT2D eigenvalue weighted by Crippen LogP contribution is 2.24. The summed E-state index contributed by atoms with van der Waals surface area (Å²) in [5.41, 5.74) is 2.69. The average molecular weight is 258 g/mol. The van der Waals surface area contributed by atoms with Crippen LogP contribution in [0.15, 0.2) is 24.3 Å². The second kappa shape index (κ2) is 6.31. The number of nitrogens with zero attached hydrogens (tertiary/aromatic N) is 1. The maximum absolute atomic E-state index is 3.72. The fraction of sp³-hybridized carbons (Fsp3) is 0.647. The number of benzene rings is 1. The monoisotopic (exact) mass is 258 g/mol. The third-order valence-corrected chi connectivity index (χ3v) is 4.56. The molecule has 104 valence electrons. The molecule has 1 N–H and O–H groups in total. The first-order chi connectivity index (χ1) is 9.42. The molecule has 3 rings (SSSR count). The second-order valence-electron chi connectivity index (χ2n) is 6.07. The summed E-state index contributed by atoms with van der Waals surface area (Å²) in [5.74, 6) is 0. The van der Waals surface area contributed by atoms with Gasteiger partial charge >= 0.3 is 0 Å². The predicted octanol–water partition coefficient (Wildman–Crippen LogP) is 4.42. The van der Waals surface area contributed by atoms with Gasteiger partial charge in [-0.3, -0.25) is 0 Å². The van der Waals surface area contributed by atoms with Gasteiger partial charge in [-0.15, -0.1) is 0 Å². The minimum Gasteiger partial charge on any atom is -0.382 e. The first kappa shape index (κ1) is 12.8. The maximum atomic E-state index is 3.72. The molecule has 2 nitrogen and oxygen atoms in total. The van der Waals surface area contributed by atoms with Crippen LogP contribution < -0.4 is 10.2 Å². The van der Waals surface area contributed by atoms with E-state index >= 15 is 0 Å². The number of hydrogen-bond acceptors (Lipinski definition) is 2. The average Bonchev–Trinajstić information content (AvgIpc) is 2.86. The SMILES string of the molecule is c1cc(N2CCCC2)ccc1NC1CCCCCC1. The zero-order chi connectivity index (χ0) is 12.9. The van der Waals surface area contributed by atoms with Crippen molar-refractivity contribution in [1.82, 2.24) is 0 Å². The molecule has 1 aliphatic heterocycles. The molecular weight excluding hydrogens is 232 g/mol. The van der Waals surface area contributed by atoms with Gasteiger partial charge in [0.25, 0.3) is 0 Å². The Morgan fingerprint density at radius 1 is 0.789 bits per heavy atom. The lowest BCUT2D eigenvalue weighted by atomic mass is 10.1. The van der Waals surface area contributed by atoms with E-state index in [4.69, 9.17) is 0 Å². The molecule has 0 spiro atoms. The van der Waals surface area contributed by atoms with Crippen molar-refractivity contribution >= 4 is 11.4 Å². The van der Waals surface area contributed by atoms with Gasteiger partial charge in [0.05, 0.1) is 0 Å². The topological polar surface area (TPSA) is 15.3 Å². The van der Waals surface area contributed by atoms with E-state index in [0.717, 1.165) is 0 Å². The zero-order valence-corrected chi connectivity index (χ0v) is 11.9. The summed E-state index contributed by atoms with van der Waals surface area (Å²) in [5, 5.41) is 3.72. The molecule has 0 radical (unpaired) electrons. The Bertz CT molecular complexity index is 371. The van der Waals surface area contributed by atoms with Gasteiger partial charge in [0, 0.05) is 30.5 Å². The molecule has 2 aliphatic rings. The number of rotatable bonds is 3. The molecule has 1 aliphatic carbocycles. The van der Waals surface area contributed by atoms with E-state index in [2.05, 4.69) is 34.5 Å². The van der Waals surface area contributed by atoms with Gasteiger partial charge in [0.2, 0.25) is 0 Å². The summed E-state index contributed by atoms with van der Waals surface area (Å²) in [7, 11) is 0. The smallest absolute Gasteiger partial charge is 0.0367 e. The highest BCUT2D eigenvalue weighted by molar-refractivity contribution is 5.55. The highest BCUT2D eigenvalue weighted by atomic mass is 15.1. The Hall–Kier alpha value is -1.18. The van der Waals surface area contributed by atoms with Crippen LogP contribution in [-0.4, -0.2) is 19.1 Å². The van der Waals surface area contributed by atoms with Gasteiger partial charge < -0.3 is 10.2 Å². The predicted molar refractivity (Wildman–Crippen MR) is 83.0 cm³/mol. The van der Waals surface area contributed by atoms with Crippen molar-refractivity contribution in [2.45, 2.75) is 57.4 Å². The Morgan fingerprint density at radius 3 is 2.05 bits per heavy atom. The van der Waals surface area contributed by atoms with Gasteiger partial charge in [-0.1, -0.05) is 25.7 Å². The molecule has 1 aromatic rings. The number of anilines is 2. The maximum Gasteiger partial charge on any atom is 0.0367 e. The lowest BCUT2D eigenvalue weighted by Gasteiger charge is -2.20. The highest BCUT2D eigenvalue weighted by Gasteiger charge is 2.13. The van der Waals surface area contributed by atoms with E-state index in [1.807, 2.05) is 0 Å². The van der Waals surface area contributed by atoms with E-state index < -0.39 is 0 Å². The molecule has 0 bridgehead atoms. The molecular formula is C17H26N2. The molecule has 1 aromatic carbocycles. The molecule has 0 aromatic heterocycles. The van der Waals surface area contributed by atoms with Crippen LogP contribution in [0.25, 0.3) is 0 Å². The molecule has 1 saturated heterocycles. The van der Waals surface area contributed by atoms with Crippen LogP contribution in [0, 0.1) is 0 Å². The van der Waals surface area contributed by atoms with Crippen molar-refractivity contribution in [2.75, 3.05) is 23.3 Å². The van der Waals surface area contributed by atoms with Crippen molar-refractivity contribution in [3.63, 3.8) is 0 Å². The van der Waals surface area contributed by atoms with E-state index in [1.54, 1.807) is 0 Å².